The normalized spacial score (nSPS) is 17.9. The molecule has 4 aliphatic carbocycles. The number of pyridine rings is 2. The van der Waals surface area contributed by atoms with E-state index in [4.69, 9.17) is 11.6 Å². The third-order valence-electron chi connectivity index (χ3n) is 12.8. The zero-order valence-electron chi connectivity index (χ0n) is 31.6. The highest BCUT2D eigenvalue weighted by Crippen LogP contribution is 2.47. The van der Waals surface area contributed by atoms with E-state index in [1.807, 2.05) is 54.9 Å². The van der Waals surface area contributed by atoms with E-state index < -0.39 is 5.82 Å². The van der Waals surface area contributed by atoms with Gasteiger partial charge in [-0.05, 0) is 110 Å². The molecule has 0 bridgehead atoms. The predicted octanol–water partition coefficient (Wildman–Crippen LogP) is 7.38. The molecule has 12 heteroatoms. The first kappa shape index (κ1) is 35.1. The Morgan fingerprint density at radius 3 is 1.93 bits per heavy atom. The minimum Gasteiger partial charge on any atom is -0.357 e. The average molecular weight is 792 g/mol. The average Bonchev–Trinajstić information content (AvgIpc) is 4.06. The maximum absolute atomic E-state index is 14.6. The number of H-pyrrole nitrogens is 2. The monoisotopic (exact) mass is 791 g/mol. The van der Waals surface area contributed by atoms with Gasteiger partial charge in [0.05, 0.1) is 28.2 Å². The van der Waals surface area contributed by atoms with Crippen molar-refractivity contribution in [3.63, 3.8) is 0 Å². The van der Waals surface area contributed by atoms with E-state index in [1.165, 1.54) is 17.7 Å². The van der Waals surface area contributed by atoms with Gasteiger partial charge in [-0.1, -0.05) is 41.9 Å². The Balaban J connectivity index is 0.000000154. The first-order chi connectivity index (χ1) is 28.1. The molecule has 2 saturated carbocycles. The summed E-state index contributed by atoms with van der Waals surface area (Å²) in [5, 5.41) is 9.77. The molecule has 2 aromatic carbocycles. The first-order valence-electron chi connectivity index (χ1n) is 20.0. The third-order valence-corrected chi connectivity index (χ3v) is 13.0. The van der Waals surface area contributed by atoms with Gasteiger partial charge in [-0.2, -0.15) is 0 Å². The number of nitrogens with zero attached hydrogens (tertiary/aromatic N) is 2. The van der Waals surface area contributed by atoms with Crippen LogP contribution in [0.2, 0.25) is 5.15 Å². The van der Waals surface area contributed by atoms with E-state index in [-0.39, 0.29) is 34.4 Å². The Morgan fingerprint density at radius 2 is 1.33 bits per heavy atom. The number of hydrogen-bond acceptors (Lipinski definition) is 5. The fourth-order valence-electron chi connectivity index (χ4n) is 9.47. The number of rotatable bonds is 4. The summed E-state index contributed by atoms with van der Waals surface area (Å²) >= 11 is 6.05. The number of amides is 3. The largest absolute Gasteiger partial charge is 0.357 e. The molecule has 6 aromatic rings. The summed E-state index contributed by atoms with van der Waals surface area (Å²) < 4.78 is 14.6. The van der Waals surface area contributed by atoms with Crippen LogP contribution in [-0.4, -0.2) is 48.7 Å². The summed E-state index contributed by atoms with van der Waals surface area (Å²) in [6.07, 6.45) is 13.0. The molecule has 2 aliphatic heterocycles. The maximum Gasteiger partial charge on any atom is 0.253 e. The molecule has 4 aromatic heterocycles. The van der Waals surface area contributed by atoms with Crippen molar-refractivity contribution in [1.29, 1.82) is 0 Å². The van der Waals surface area contributed by atoms with Gasteiger partial charge in [0.25, 0.3) is 17.7 Å². The second kappa shape index (κ2) is 13.0. The molecule has 2 spiro atoms. The fraction of sp³-hybridized carbons (Fsp3) is 0.283. The van der Waals surface area contributed by atoms with E-state index in [2.05, 4.69) is 35.9 Å². The van der Waals surface area contributed by atoms with Crippen LogP contribution in [0.25, 0.3) is 33.8 Å². The SMILES string of the molecule is O=C(NCc1ccccc1)c1cc(F)cc(-c2cc3c(cn2)CCc2c-3[nH]c3c2C(=O)NC2(CC2)C3)c1.O=C1NC2(CC2)Cc2[nH]c3c(c21)CCc1cnc(Cl)cc1-3. The van der Waals surface area contributed by atoms with Gasteiger partial charge in [-0.3, -0.25) is 19.4 Å². The van der Waals surface area contributed by atoms with Crippen molar-refractivity contribution in [3.05, 3.63) is 140 Å². The van der Waals surface area contributed by atoms with Crippen LogP contribution in [0.5, 0.6) is 0 Å². The molecule has 3 amide bonds. The van der Waals surface area contributed by atoms with E-state index in [0.717, 1.165) is 131 Å². The van der Waals surface area contributed by atoms with Crippen molar-refractivity contribution in [2.24, 2.45) is 0 Å². The molecule has 58 heavy (non-hydrogen) atoms. The number of hydrogen-bond donors (Lipinski definition) is 5. The number of aromatic nitrogens is 4. The van der Waals surface area contributed by atoms with Gasteiger partial charge in [0.2, 0.25) is 0 Å². The molecule has 0 radical (unpaired) electrons. The van der Waals surface area contributed by atoms with Gasteiger partial charge in [0.1, 0.15) is 11.0 Å². The second-order valence-electron chi connectivity index (χ2n) is 16.8. The maximum atomic E-state index is 14.6. The van der Waals surface area contributed by atoms with Crippen LogP contribution in [-0.2, 0) is 45.1 Å². The molecule has 2 fully saturated rings. The highest BCUT2D eigenvalue weighted by atomic mass is 35.5. The van der Waals surface area contributed by atoms with Gasteiger partial charge in [0, 0.05) is 76.5 Å². The number of halogens is 2. The number of aryl methyl sites for hydroxylation is 2. The molecule has 0 unspecified atom stereocenters. The third kappa shape index (κ3) is 6.02. The molecule has 5 N–H and O–H groups in total. The summed E-state index contributed by atoms with van der Waals surface area (Å²) in [7, 11) is 0. The van der Waals surface area contributed by atoms with Crippen molar-refractivity contribution in [2.75, 3.05) is 0 Å². The molecule has 6 heterocycles. The topological polar surface area (TPSA) is 145 Å². The molecule has 6 aliphatic rings. The van der Waals surface area contributed by atoms with Crippen molar-refractivity contribution in [3.8, 4) is 33.8 Å². The number of nitrogens with one attached hydrogen (secondary N) is 5. The van der Waals surface area contributed by atoms with Crippen molar-refractivity contribution >= 4 is 29.3 Å². The Kier molecular flexibility index (Phi) is 7.86. The number of benzene rings is 2. The lowest BCUT2D eigenvalue weighted by molar-refractivity contribution is 0.0908. The summed E-state index contributed by atoms with van der Waals surface area (Å²) in [4.78, 5) is 54.1. The molecular weight excluding hydrogens is 753 g/mol. The highest BCUT2D eigenvalue weighted by Gasteiger charge is 2.50. The van der Waals surface area contributed by atoms with Gasteiger partial charge in [-0.25, -0.2) is 9.37 Å². The van der Waals surface area contributed by atoms with Crippen LogP contribution >= 0.6 is 11.6 Å². The molecule has 290 valence electrons. The van der Waals surface area contributed by atoms with Crippen LogP contribution in [0.4, 0.5) is 4.39 Å². The molecular formula is C46H39ClFN7O3. The van der Waals surface area contributed by atoms with E-state index in [1.54, 1.807) is 6.07 Å². The van der Waals surface area contributed by atoms with Gasteiger partial charge in [0.15, 0.2) is 0 Å². The number of carbonyl (C=O) groups is 3. The van der Waals surface area contributed by atoms with Crippen LogP contribution in [0.3, 0.4) is 0 Å². The Labute approximate surface area is 338 Å². The molecule has 0 saturated heterocycles. The minimum absolute atomic E-state index is 0.0188. The standard InChI is InChI=1S/C30H25FN4O2.C16H14ClN3O/c31-21-11-19(10-20(12-21)28(36)33-15-17-4-2-1-3-5-17)24-13-23-18(16-32-24)6-7-22-26-25(34-27(22)23)14-30(8-9-30)35-29(26)37;17-12-5-10-8(7-18-12)1-2-9-13-11(19-14(9)10)6-16(3-4-16)20-15(13)21/h1-5,10-13,16,34H,6-9,14-15H2,(H,33,36)(H,35,37);5,7,19H,1-4,6H2,(H,20,21). The van der Waals surface area contributed by atoms with Gasteiger partial charge in [-0.15, -0.1) is 0 Å². The van der Waals surface area contributed by atoms with Crippen molar-refractivity contribution in [1.82, 2.24) is 35.9 Å². The van der Waals surface area contributed by atoms with Crippen LogP contribution in [0, 0.1) is 5.82 Å². The lowest BCUT2D eigenvalue weighted by Gasteiger charge is -2.24. The predicted molar refractivity (Wildman–Crippen MR) is 217 cm³/mol. The summed E-state index contributed by atoms with van der Waals surface area (Å²) in [5.74, 6) is -0.730. The van der Waals surface area contributed by atoms with Crippen molar-refractivity contribution in [2.45, 2.75) is 81.8 Å². The van der Waals surface area contributed by atoms with Gasteiger partial charge < -0.3 is 25.9 Å². The fourth-order valence-corrected chi connectivity index (χ4v) is 9.63. The quantitative estimate of drug-likeness (QED) is 0.119. The zero-order chi connectivity index (χ0) is 39.3. The Morgan fingerprint density at radius 1 is 0.741 bits per heavy atom. The van der Waals surface area contributed by atoms with E-state index in [9.17, 15) is 18.8 Å². The minimum atomic E-state index is -0.496. The lowest BCUT2D eigenvalue weighted by Crippen LogP contribution is -2.43. The van der Waals surface area contributed by atoms with E-state index in [0.29, 0.717) is 23.0 Å². The molecule has 10 nitrogen and oxygen atoms in total. The van der Waals surface area contributed by atoms with Crippen LogP contribution < -0.4 is 16.0 Å². The summed E-state index contributed by atoms with van der Waals surface area (Å²) in [6, 6.07) is 17.7. The zero-order valence-corrected chi connectivity index (χ0v) is 32.3. The van der Waals surface area contributed by atoms with Crippen LogP contribution in [0.15, 0.2) is 73.1 Å². The lowest BCUT2D eigenvalue weighted by atomic mass is 9.87. The second-order valence-corrected chi connectivity index (χ2v) is 17.2. The molecule has 12 rings (SSSR count). The molecule has 0 atom stereocenters. The highest BCUT2D eigenvalue weighted by molar-refractivity contribution is 6.29. The Bertz CT molecular complexity index is 2750. The van der Waals surface area contributed by atoms with Crippen molar-refractivity contribution < 1.29 is 18.8 Å². The Hall–Kier alpha value is -6.07. The first-order valence-corrected chi connectivity index (χ1v) is 20.4. The summed E-state index contributed by atoms with van der Waals surface area (Å²) in [6.45, 7) is 0.359. The van der Waals surface area contributed by atoms with E-state index >= 15 is 0 Å². The number of fused-ring (bicyclic) bond motifs is 10. The smallest absolute Gasteiger partial charge is 0.253 e. The van der Waals surface area contributed by atoms with Crippen LogP contribution in [0.1, 0.15) is 96.0 Å². The van der Waals surface area contributed by atoms with Gasteiger partial charge >= 0.3 is 0 Å². The summed E-state index contributed by atoms with van der Waals surface area (Å²) in [5.41, 5.74) is 14.7. The number of aromatic amines is 2. The number of carbonyl (C=O) groups excluding carboxylic acids is 3.